The molecule has 0 aromatic rings. The molecule has 8 heavy (non-hydrogen) atoms. The van der Waals surface area contributed by atoms with Gasteiger partial charge in [0, 0.05) is 0 Å². The van der Waals surface area contributed by atoms with Crippen LogP contribution in [0.15, 0.2) is 0 Å². The minimum atomic E-state index is -6.39. The molecule has 0 saturated heterocycles. The number of rotatable bonds is 0. The molecule has 0 fully saturated rings. The maximum atomic E-state index is 9.80. The van der Waals surface area contributed by atoms with E-state index in [0.717, 1.165) is 0 Å². The maximum Gasteiger partial charge on any atom is 0.755 e. The van der Waals surface area contributed by atoms with Crippen LogP contribution in [0.25, 0.3) is 0 Å². The summed E-state index contributed by atoms with van der Waals surface area (Å²) < 4.78 is 58.5. The predicted octanol–water partition coefficient (Wildman–Crippen LogP) is 3.98. The van der Waals surface area contributed by atoms with Crippen LogP contribution in [0.2, 0.25) is 0 Å². The van der Waals surface area contributed by atoms with Gasteiger partial charge in [0.05, 0.1) is 16.8 Å². The smallest absolute Gasteiger partial charge is 0.192 e. The van der Waals surface area contributed by atoms with E-state index in [0.29, 0.717) is 0 Å². The Morgan fingerprint density at radius 3 is 0.875 bits per heavy atom. The first-order chi connectivity index (χ1) is 3.41. The topological polar surface area (TPSA) is 0 Å². The fourth-order valence-corrected chi connectivity index (χ4v) is 0. The Bertz CT molecular complexity index is 30.3. The first kappa shape index (κ1) is 11.3. The molecule has 0 N–H and O–H groups in total. The zero-order valence-electron chi connectivity index (χ0n) is 3.22. The lowest BCUT2D eigenvalue weighted by Gasteiger charge is -1.62. The van der Waals surface area contributed by atoms with E-state index in [1.807, 2.05) is 0 Å². The molecule has 0 aliphatic rings. The Hall–Kier alpha value is 0.440. The van der Waals surface area contributed by atoms with E-state index in [1.54, 1.807) is 0 Å². The largest absolute Gasteiger partial charge is 0.755 e. The van der Waals surface area contributed by atoms with Crippen LogP contribution >= 0.6 is 17.7 Å². The van der Waals surface area contributed by atoms with Crippen LogP contribution in [-0.4, -0.2) is 0 Å². The van der Waals surface area contributed by atoms with Crippen LogP contribution in [-0.2, 0) is 0 Å². The van der Waals surface area contributed by atoms with Gasteiger partial charge < -0.3 is 0 Å². The highest BCUT2D eigenvalue weighted by Crippen LogP contribution is 2.65. The summed E-state index contributed by atoms with van der Waals surface area (Å²) in [6, 6.07) is 0. The molecule has 0 radical (unpaired) electrons. The second-order valence-electron chi connectivity index (χ2n) is 0.455. The lowest BCUT2D eigenvalue weighted by atomic mass is 18.7. The molecule has 0 aromatic heterocycles. The van der Waals surface area contributed by atoms with Crippen molar-refractivity contribution >= 4 is 17.7 Å². The standard InChI is InChI=1S/F4P.F2HP/c1-5(2,3)4;1-3-2/h;3H/q+1;. The molecule has 0 nitrogen and oxygen atoms in total. The van der Waals surface area contributed by atoms with Crippen LogP contribution in [0.5, 0.6) is 0 Å². The Morgan fingerprint density at radius 1 is 0.875 bits per heavy atom. The van der Waals surface area contributed by atoms with Crippen molar-refractivity contribution in [1.82, 2.24) is 0 Å². The average molecular weight is 177 g/mol. The molecule has 0 aliphatic carbocycles. The Kier molecular flexibility index (Phi) is 7.85. The van der Waals surface area contributed by atoms with Crippen LogP contribution in [0.1, 0.15) is 0 Å². The molecule has 0 atom stereocenters. The van der Waals surface area contributed by atoms with Crippen molar-refractivity contribution in [2.24, 2.45) is 0 Å². The Labute approximate surface area is 44.1 Å². The van der Waals surface area contributed by atoms with Gasteiger partial charge in [-0.3, -0.25) is 0 Å². The summed E-state index contributed by atoms with van der Waals surface area (Å²) in [5.74, 6) is 0. The van der Waals surface area contributed by atoms with Crippen molar-refractivity contribution in [2.45, 2.75) is 0 Å². The van der Waals surface area contributed by atoms with Gasteiger partial charge in [0.2, 0.25) is 0 Å². The minimum absolute atomic E-state index is 1.92. The van der Waals surface area contributed by atoms with Crippen LogP contribution in [0, 0.1) is 0 Å². The van der Waals surface area contributed by atoms with Crippen LogP contribution in [0.4, 0.5) is 25.2 Å². The number of hydrogen-bond donors (Lipinski definition) is 0. The molecule has 0 bridgehead atoms. The SMILES string of the molecule is FPF.F[P+](F)(F)F. The summed E-state index contributed by atoms with van der Waals surface area (Å²) in [6.45, 7) is 0. The van der Waals surface area contributed by atoms with Gasteiger partial charge in [-0.05, 0) is 0 Å². The van der Waals surface area contributed by atoms with E-state index >= 15 is 0 Å². The van der Waals surface area contributed by atoms with Crippen molar-refractivity contribution in [3.63, 3.8) is 0 Å². The molecule has 0 aliphatic heterocycles. The lowest BCUT2D eigenvalue weighted by Crippen LogP contribution is -1.37. The number of hydrogen-bond acceptors (Lipinski definition) is 0. The molecule has 0 amide bonds. The summed E-state index contributed by atoms with van der Waals surface area (Å²) in [5, 5.41) is 0. The van der Waals surface area contributed by atoms with Gasteiger partial charge in [0.25, 0.3) is 9.20 Å². The van der Waals surface area contributed by atoms with E-state index in [-0.39, 0.29) is 0 Å². The molecular formula is HF6P2+. The summed E-state index contributed by atoms with van der Waals surface area (Å²) in [6.07, 6.45) is 0. The van der Waals surface area contributed by atoms with Crippen LogP contribution in [0.3, 0.4) is 0 Å². The molecule has 8 heteroatoms. The van der Waals surface area contributed by atoms with Gasteiger partial charge in [-0.15, -0.1) is 0 Å². The second kappa shape index (κ2) is 5.57. The van der Waals surface area contributed by atoms with Crippen molar-refractivity contribution in [2.75, 3.05) is 0 Å². The molecule has 52 valence electrons. The minimum Gasteiger partial charge on any atom is -0.192 e. The Balaban J connectivity index is 0. The van der Waals surface area contributed by atoms with E-state index in [2.05, 4.69) is 0 Å². The van der Waals surface area contributed by atoms with Gasteiger partial charge in [-0.1, -0.05) is 0 Å². The molecular weight excluding hydrogens is 176 g/mol. The third-order valence-corrected chi connectivity index (χ3v) is 0. The van der Waals surface area contributed by atoms with Crippen molar-refractivity contribution in [1.29, 1.82) is 0 Å². The third kappa shape index (κ3) is 984. The average Bonchev–Trinajstić information content (AvgIpc) is 1.27. The van der Waals surface area contributed by atoms with E-state index < -0.39 is 17.7 Å². The van der Waals surface area contributed by atoms with E-state index in [4.69, 9.17) is 0 Å². The predicted molar refractivity (Wildman–Crippen MR) is 21.9 cm³/mol. The number of halogens is 6. The summed E-state index contributed by atoms with van der Waals surface area (Å²) in [7, 11) is -8.31. The first-order valence-electron chi connectivity index (χ1n) is 1.05. The zero-order valence-corrected chi connectivity index (χ0v) is 5.11. The van der Waals surface area contributed by atoms with Crippen molar-refractivity contribution in [3.05, 3.63) is 0 Å². The normalized spacial score (nSPS) is 9.75. The molecule has 0 saturated carbocycles. The third-order valence-electron chi connectivity index (χ3n) is 0. The fraction of sp³-hybridized carbons (Fsp3) is 0. The van der Waals surface area contributed by atoms with E-state index in [9.17, 15) is 25.2 Å². The molecule has 0 aromatic carbocycles. The molecule has 0 spiro atoms. The lowest BCUT2D eigenvalue weighted by molar-refractivity contribution is 0.489. The summed E-state index contributed by atoms with van der Waals surface area (Å²) in [5.41, 5.74) is 0. The van der Waals surface area contributed by atoms with Gasteiger partial charge in [-0.2, -0.15) is 8.39 Å². The zero-order chi connectivity index (χ0) is 7.21. The van der Waals surface area contributed by atoms with Crippen molar-refractivity contribution < 1.29 is 25.2 Å². The Morgan fingerprint density at radius 2 is 0.875 bits per heavy atom. The highest BCUT2D eigenvalue weighted by Gasteiger charge is 2.44. The van der Waals surface area contributed by atoms with Gasteiger partial charge >= 0.3 is 8.51 Å². The van der Waals surface area contributed by atoms with Gasteiger partial charge in [0.15, 0.2) is 0 Å². The molecule has 0 heterocycles. The second-order valence-corrected chi connectivity index (χ2v) is 1.36. The quantitative estimate of drug-likeness (QED) is 0.387. The van der Waals surface area contributed by atoms with Gasteiger partial charge in [-0.25, -0.2) is 0 Å². The van der Waals surface area contributed by atoms with Gasteiger partial charge in [0.1, 0.15) is 0 Å². The summed E-state index contributed by atoms with van der Waals surface area (Å²) >= 11 is 0. The molecule has 0 unspecified atom stereocenters. The highest BCUT2D eigenvalue weighted by molar-refractivity contribution is 7.54. The fourth-order valence-electron chi connectivity index (χ4n) is 0. The van der Waals surface area contributed by atoms with Crippen molar-refractivity contribution in [3.8, 4) is 0 Å². The maximum absolute atomic E-state index is 9.80. The highest BCUT2D eigenvalue weighted by atomic mass is 31.3. The first-order valence-corrected chi connectivity index (χ1v) is 3.16. The summed E-state index contributed by atoms with van der Waals surface area (Å²) in [4.78, 5) is 0. The molecule has 0 rings (SSSR count). The monoisotopic (exact) mass is 177 g/mol. The van der Waals surface area contributed by atoms with E-state index in [1.165, 1.54) is 0 Å². The van der Waals surface area contributed by atoms with Crippen LogP contribution < -0.4 is 0 Å².